The number of halogens is 2. The topological polar surface area (TPSA) is 21.3 Å². The smallest absolute Gasteiger partial charge is 0.146 e. The lowest BCUT2D eigenvalue weighted by Gasteiger charge is -2.10. The van der Waals surface area contributed by atoms with Gasteiger partial charge in [0.25, 0.3) is 0 Å². The van der Waals surface area contributed by atoms with Crippen molar-refractivity contribution in [2.75, 3.05) is 7.05 Å². The summed E-state index contributed by atoms with van der Waals surface area (Å²) in [5, 5.41) is 3.49. The highest BCUT2D eigenvalue weighted by atomic mass is 35.5. The fraction of sp³-hybridized carbons (Fsp3) is 0.200. The predicted octanol–water partition coefficient (Wildman–Crippen LogP) is 4.30. The Morgan fingerprint density at radius 3 is 2.68 bits per heavy atom. The summed E-state index contributed by atoms with van der Waals surface area (Å²) >= 11 is 6.09. The number of rotatable bonds is 4. The molecule has 2 nitrogen and oxygen atoms in total. The SMILES string of the molecule is CNCc1cc(F)cc(Oc2ccc(C)cc2Cl)c1. The van der Waals surface area contributed by atoms with E-state index in [2.05, 4.69) is 5.32 Å². The molecule has 0 aliphatic carbocycles. The van der Waals surface area contributed by atoms with Gasteiger partial charge in [-0.1, -0.05) is 17.7 Å². The van der Waals surface area contributed by atoms with Gasteiger partial charge in [-0.3, -0.25) is 0 Å². The third-order valence-electron chi connectivity index (χ3n) is 2.63. The van der Waals surface area contributed by atoms with Crippen molar-refractivity contribution in [2.45, 2.75) is 13.5 Å². The van der Waals surface area contributed by atoms with Crippen molar-refractivity contribution in [3.63, 3.8) is 0 Å². The molecule has 0 aromatic heterocycles. The Hall–Kier alpha value is -1.58. The molecule has 0 saturated heterocycles. The Balaban J connectivity index is 2.27. The van der Waals surface area contributed by atoms with E-state index in [0.717, 1.165) is 11.1 Å². The summed E-state index contributed by atoms with van der Waals surface area (Å²) in [4.78, 5) is 0. The van der Waals surface area contributed by atoms with Crippen molar-refractivity contribution in [2.24, 2.45) is 0 Å². The molecule has 100 valence electrons. The minimum Gasteiger partial charge on any atom is -0.456 e. The Morgan fingerprint density at radius 1 is 1.21 bits per heavy atom. The van der Waals surface area contributed by atoms with Crippen LogP contribution in [0.2, 0.25) is 5.02 Å². The van der Waals surface area contributed by atoms with Crippen LogP contribution in [0.15, 0.2) is 36.4 Å². The molecule has 4 heteroatoms. The van der Waals surface area contributed by atoms with E-state index in [-0.39, 0.29) is 5.82 Å². The summed E-state index contributed by atoms with van der Waals surface area (Å²) in [5.41, 5.74) is 1.87. The monoisotopic (exact) mass is 279 g/mol. The molecule has 0 amide bonds. The van der Waals surface area contributed by atoms with Crippen molar-refractivity contribution in [3.05, 3.63) is 58.4 Å². The zero-order chi connectivity index (χ0) is 13.8. The molecule has 19 heavy (non-hydrogen) atoms. The second-order valence-corrected chi connectivity index (χ2v) is 4.77. The fourth-order valence-corrected chi connectivity index (χ4v) is 2.08. The molecule has 0 aliphatic heterocycles. The van der Waals surface area contributed by atoms with E-state index in [1.807, 2.05) is 26.1 Å². The summed E-state index contributed by atoms with van der Waals surface area (Å²) in [6.07, 6.45) is 0. The molecule has 2 aromatic rings. The second kappa shape index (κ2) is 6.04. The van der Waals surface area contributed by atoms with Crippen LogP contribution in [0.1, 0.15) is 11.1 Å². The van der Waals surface area contributed by atoms with Crippen LogP contribution in [0.5, 0.6) is 11.5 Å². The maximum absolute atomic E-state index is 13.5. The lowest BCUT2D eigenvalue weighted by Crippen LogP contribution is -2.05. The molecule has 0 fully saturated rings. The number of aryl methyl sites for hydroxylation is 1. The number of nitrogens with one attached hydrogen (secondary N) is 1. The van der Waals surface area contributed by atoms with Crippen LogP contribution < -0.4 is 10.1 Å². The molecule has 0 heterocycles. The van der Waals surface area contributed by atoms with Crippen LogP contribution in [0.3, 0.4) is 0 Å². The van der Waals surface area contributed by atoms with Crippen LogP contribution in [0.4, 0.5) is 4.39 Å². The van der Waals surface area contributed by atoms with Gasteiger partial charge in [0.2, 0.25) is 0 Å². The molecule has 0 atom stereocenters. The van der Waals surface area contributed by atoms with Gasteiger partial charge in [-0.15, -0.1) is 0 Å². The van der Waals surface area contributed by atoms with E-state index in [9.17, 15) is 4.39 Å². The normalized spacial score (nSPS) is 10.5. The van der Waals surface area contributed by atoms with Gasteiger partial charge in [0.1, 0.15) is 17.3 Å². The minimum atomic E-state index is -0.328. The first-order chi connectivity index (χ1) is 9.08. The molecule has 0 aliphatic rings. The Bertz CT molecular complexity index is 586. The highest BCUT2D eigenvalue weighted by molar-refractivity contribution is 6.32. The number of benzene rings is 2. The van der Waals surface area contributed by atoms with Crippen LogP contribution in [0.25, 0.3) is 0 Å². The zero-order valence-electron chi connectivity index (χ0n) is 10.8. The zero-order valence-corrected chi connectivity index (χ0v) is 11.6. The first-order valence-corrected chi connectivity index (χ1v) is 6.34. The van der Waals surface area contributed by atoms with Crippen molar-refractivity contribution >= 4 is 11.6 Å². The summed E-state index contributed by atoms with van der Waals surface area (Å²) in [6, 6.07) is 10.1. The van der Waals surface area contributed by atoms with Crippen molar-refractivity contribution in [3.8, 4) is 11.5 Å². The highest BCUT2D eigenvalue weighted by Gasteiger charge is 2.06. The first-order valence-electron chi connectivity index (χ1n) is 5.96. The van der Waals surface area contributed by atoms with E-state index in [0.29, 0.717) is 23.1 Å². The second-order valence-electron chi connectivity index (χ2n) is 4.36. The van der Waals surface area contributed by atoms with Gasteiger partial charge >= 0.3 is 0 Å². The third-order valence-corrected chi connectivity index (χ3v) is 2.92. The van der Waals surface area contributed by atoms with Crippen LogP contribution in [-0.4, -0.2) is 7.05 Å². The van der Waals surface area contributed by atoms with Crippen LogP contribution in [0, 0.1) is 12.7 Å². The van der Waals surface area contributed by atoms with Crippen molar-refractivity contribution < 1.29 is 9.13 Å². The number of hydrogen-bond acceptors (Lipinski definition) is 2. The van der Waals surface area contributed by atoms with Crippen LogP contribution in [-0.2, 0) is 6.54 Å². The lowest BCUT2D eigenvalue weighted by molar-refractivity contribution is 0.475. The maximum Gasteiger partial charge on any atom is 0.146 e. The molecule has 0 radical (unpaired) electrons. The lowest BCUT2D eigenvalue weighted by atomic mass is 10.2. The van der Waals surface area contributed by atoms with Gasteiger partial charge in [0.05, 0.1) is 5.02 Å². The molecule has 0 saturated carbocycles. The average molecular weight is 280 g/mol. The van der Waals surface area contributed by atoms with Gasteiger partial charge in [0, 0.05) is 12.6 Å². The molecule has 0 unspecified atom stereocenters. The standard InChI is InChI=1S/C15H15ClFNO/c1-10-3-4-15(14(16)5-10)19-13-7-11(9-18-2)6-12(17)8-13/h3-8,18H,9H2,1-2H3. The van der Waals surface area contributed by atoms with E-state index in [1.54, 1.807) is 12.1 Å². The maximum atomic E-state index is 13.5. The molecule has 2 aromatic carbocycles. The van der Waals surface area contributed by atoms with Gasteiger partial charge in [-0.25, -0.2) is 4.39 Å². The molecule has 2 rings (SSSR count). The van der Waals surface area contributed by atoms with E-state index in [4.69, 9.17) is 16.3 Å². The van der Waals surface area contributed by atoms with E-state index < -0.39 is 0 Å². The Labute approximate surface area is 117 Å². The summed E-state index contributed by atoms with van der Waals surface area (Å²) in [6.45, 7) is 2.53. The van der Waals surface area contributed by atoms with E-state index >= 15 is 0 Å². The quantitative estimate of drug-likeness (QED) is 0.901. The molecular weight excluding hydrogens is 265 g/mol. The summed E-state index contributed by atoms with van der Waals surface area (Å²) < 4.78 is 19.1. The Kier molecular flexibility index (Phi) is 4.40. The summed E-state index contributed by atoms with van der Waals surface area (Å²) in [5.74, 6) is 0.635. The van der Waals surface area contributed by atoms with Crippen LogP contribution >= 0.6 is 11.6 Å². The average Bonchev–Trinajstić information content (AvgIpc) is 2.32. The van der Waals surface area contributed by atoms with Gasteiger partial charge in [0.15, 0.2) is 0 Å². The molecule has 1 N–H and O–H groups in total. The van der Waals surface area contributed by atoms with Gasteiger partial charge < -0.3 is 10.1 Å². The van der Waals surface area contributed by atoms with Crippen molar-refractivity contribution in [1.29, 1.82) is 0 Å². The Morgan fingerprint density at radius 2 is 2.00 bits per heavy atom. The highest BCUT2D eigenvalue weighted by Crippen LogP contribution is 2.30. The minimum absolute atomic E-state index is 0.328. The number of ether oxygens (including phenoxy) is 1. The third kappa shape index (κ3) is 3.69. The molecule has 0 bridgehead atoms. The van der Waals surface area contributed by atoms with Gasteiger partial charge in [-0.2, -0.15) is 0 Å². The number of hydrogen-bond donors (Lipinski definition) is 1. The predicted molar refractivity (Wildman–Crippen MR) is 75.4 cm³/mol. The fourth-order valence-electron chi connectivity index (χ4n) is 1.80. The van der Waals surface area contributed by atoms with Crippen molar-refractivity contribution in [1.82, 2.24) is 5.32 Å². The van der Waals surface area contributed by atoms with Gasteiger partial charge in [-0.05, 0) is 49.4 Å². The summed E-state index contributed by atoms with van der Waals surface area (Å²) in [7, 11) is 1.81. The largest absolute Gasteiger partial charge is 0.456 e. The molecule has 0 spiro atoms. The van der Waals surface area contributed by atoms with E-state index in [1.165, 1.54) is 12.1 Å². The molecular formula is C15H15ClFNO. The first kappa shape index (κ1) is 13.8.